The summed E-state index contributed by atoms with van der Waals surface area (Å²) in [4.78, 5) is 2.30. The number of piperidine rings is 1. The van der Waals surface area contributed by atoms with Crippen LogP contribution in [0.15, 0.2) is 54.6 Å². The highest BCUT2D eigenvalue weighted by molar-refractivity contribution is 5.35. The average Bonchev–Trinajstić information content (AvgIpc) is 2.72. The second-order valence-electron chi connectivity index (χ2n) is 7.40. The zero-order chi connectivity index (χ0) is 18.9. The van der Waals surface area contributed by atoms with Crippen molar-refractivity contribution in [2.24, 2.45) is 0 Å². The van der Waals surface area contributed by atoms with Crippen molar-refractivity contribution in [1.82, 2.24) is 4.90 Å². The number of likely N-dealkylation sites (tertiary alicyclic amines) is 1. The summed E-state index contributed by atoms with van der Waals surface area (Å²) < 4.78 is 5.88. The summed E-state index contributed by atoms with van der Waals surface area (Å²) in [6, 6.07) is 17.8. The average molecular weight is 370 g/mol. The smallest absolute Gasteiger partial charge is 0.125 e. The molecule has 0 unspecified atom stereocenters. The number of para-hydroxylation sites is 1. The predicted octanol–water partition coefficient (Wildman–Crippen LogP) is 3.58. The number of aliphatic hydroxyl groups excluding tert-OH is 2. The number of β-amino-alcohol motifs (C(OH)–C–C–N with tert-alkyl or cyclic N) is 1. The molecule has 0 aliphatic carbocycles. The lowest BCUT2D eigenvalue weighted by molar-refractivity contribution is 0.0599. The Morgan fingerprint density at radius 1 is 0.889 bits per heavy atom. The number of aliphatic hydroxyl groups is 2. The first-order valence-electron chi connectivity index (χ1n) is 10.1. The van der Waals surface area contributed by atoms with E-state index in [2.05, 4.69) is 17.0 Å². The van der Waals surface area contributed by atoms with Crippen molar-refractivity contribution in [3.63, 3.8) is 0 Å². The highest BCUT2D eigenvalue weighted by Gasteiger charge is 2.17. The second kappa shape index (κ2) is 10.5. The van der Waals surface area contributed by atoms with Crippen LogP contribution in [0.4, 0.5) is 0 Å². The quantitative estimate of drug-likeness (QED) is 0.709. The molecule has 1 saturated heterocycles. The van der Waals surface area contributed by atoms with Gasteiger partial charge in [-0.1, -0.05) is 55.0 Å². The van der Waals surface area contributed by atoms with E-state index in [1.807, 2.05) is 42.5 Å². The van der Waals surface area contributed by atoms with Gasteiger partial charge in [0, 0.05) is 12.1 Å². The molecule has 2 aromatic carbocycles. The molecule has 0 aromatic heterocycles. The van der Waals surface area contributed by atoms with Crippen LogP contribution in [0.2, 0.25) is 0 Å². The van der Waals surface area contributed by atoms with Crippen LogP contribution in [0.25, 0.3) is 0 Å². The Bertz CT molecular complexity index is 670. The van der Waals surface area contributed by atoms with Crippen molar-refractivity contribution in [2.75, 3.05) is 26.2 Å². The minimum Gasteiger partial charge on any atom is -0.490 e. The maximum absolute atomic E-state index is 10.6. The SMILES string of the molecule is O[C@@H](COc1ccccc1[C@H](O)CCc1ccccc1)CN1CCCCC1. The Morgan fingerprint density at radius 3 is 2.37 bits per heavy atom. The minimum absolute atomic E-state index is 0.249. The Hall–Kier alpha value is -1.88. The molecule has 2 atom stereocenters. The molecule has 0 bridgehead atoms. The van der Waals surface area contributed by atoms with Gasteiger partial charge in [0.2, 0.25) is 0 Å². The van der Waals surface area contributed by atoms with Crippen LogP contribution >= 0.6 is 0 Å². The summed E-state index contributed by atoms with van der Waals surface area (Å²) in [6.07, 6.45) is 4.07. The van der Waals surface area contributed by atoms with Crippen molar-refractivity contribution >= 4 is 0 Å². The van der Waals surface area contributed by atoms with Gasteiger partial charge in [0.25, 0.3) is 0 Å². The Labute approximate surface area is 162 Å². The molecule has 1 fully saturated rings. The van der Waals surface area contributed by atoms with E-state index in [0.29, 0.717) is 18.7 Å². The monoisotopic (exact) mass is 369 g/mol. The summed E-state index contributed by atoms with van der Waals surface area (Å²) >= 11 is 0. The summed E-state index contributed by atoms with van der Waals surface area (Å²) in [5.41, 5.74) is 2.01. The Kier molecular flexibility index (Phi) is 7.69. The van der Waals surface area contributed by atoms with E-state index in [4.69, 9.17) is 4.74 Å². The van der Waals surface area contributed by atoms with Gasteiger partial charge in [0.15, 0.2) is 0 Å². The van der Waals surface area contributed by atoms with Gasteiger partial charge >= 0.3 is 0 Å². The molecule has 146 valence electrons. The molecule has 1 aliphatic rings. The zero-order valence-electron chi connectivity index (χ0n) is 16.0. The van der Waals surface area contributed by atoms with Gasteiger partial charge in [0.05, 0.1) is 6.10 Å². The molecular weight excluding hydrogens is 338 g/mol. The van der Waals surface area contributed by atoms with E-state index in [9.17, 15) is 10.2 Å². The fraction of sp³-hybridized carbons (Fsp3) is 0.478. The maximum atomic E-state index is 10.6. The third kappa shape index (κ3) is 6.35. The van der Waals surface area contributed by atoms with Crippen LogP contribution in [-0.2, 0) is 6.42 Å². The van der Waals surface area contributed by atoms with Gasteiger partial charge in [0.1, 0.15) is 18.5 Å². The zero-order valence-corrected chi connectivity index (χ0v) is 16.0. The van der Waals surface area contributed by atoms with E-state index in [0.717, 1.165) is 25.1 Å². The molecule has 2 N–H and O–H groups in total. The molecule has 3 rings (SSSR count). The molecule has 4 heteroatoms. The number of hydrogen-bond donors (Lipinski definition) is 2. The van der Waals surface area contributed by atoms with Crippen molar-refractivity contribution in [2.45, 2.75) is 44.3 Å². The minimum atomic E-state index is -0.583. The molecule has 27 heavy (non-hydrogen) atoms. The number of aryl methyl sites for hydroxylation is 1. The molecule has 0 spiro atoms. The van der Waals surface area contributed by atoms with Crippen LogP contribution in [0, 0.1) is 0 Å². The molecular formula is C23H31NO3. The van der Waals surface area contributed by atoms with Crippen LogP contribution in [-0.4, -0.2) is 47.5 Å². The summed E-state index contributed by atoms with van der Waals surface area (Å²) in [5.74, 6) is 0.663. The lowest BCUT2D eigenvalue weighted by Crippen LogP contribution is -2.38. The fourth-order valence-corrected chi connectivity index (χ4v) is 3.67. The fourth-order valence-electron chi connectivity index (χ4n) is 3.67. The highest BCUT2D eigenvalue weighted by Crippen LogP contribution is 2.28. The van der Waals surface area contributed by atoms with Gasteiger partial charge in [-0.2, -0.15) is 0 Å². The van der Waals surface area contributed by atoms with E-state index in [1.165, 1.54) is 24.8 Å². The second-order valence-corrected chi connectivity index (χ2v) is 7.40. The summed E-state index contributed by atoms with van der Waals surface area (Å²) in [5, 5.41) is 21.0. The third-order valence-corrected chi connectivity index (χ3v) is 5.18. The lowest BCUT2D eigenvalue weighted by atomic mass is 10.0. The van der Waals surface area contributed by atoms with Gasteiger partial charge < -0.3 is 19.8 Å². The first-order valence-corrected chi connectivity index (χ1v) is 10.1. The lowest BCUT2D eigenvalue weighted by Gasteiger charge is -2.28. The number of nitrogens with zero attached hydrogens (tertiary/aromatic N) is 1. The van der Waals surface area contributed by atoms with Crippen molar-refractivity contribution in [1.29, 1.82) is 0 Å². The number of benzene rings is 2. The summed E-state index contributed by atoms with van der Waals surface area (Å²) in [6.45, 7) is 3.02. The third-order valence-electron chi connectivity index (χ3n) is 5.18. The van der Waals surface area contributed by atoms with Gasteiger partial charge in [-0.15, -0.1) is 0 Å². The Morgan fingerprint density at radius 2 is 1.59 bits per heavy atom. The molecule has 1 heterocycles. The van der Waals surface area contributed by atoms with Gasteiger partial charge in [-0.25, -0.2) is 0 Å². The summed E-state index contributed by atoms with van der Waals surface area (Å²) in [7, 11) is 0. The standard InChI is InChI=1S/C23H31NO3/c25-20(17-24-15-7-2-8-16-24)18-27-23-12-6-5-11-21(23)22(26)14-13-19-9-3-1-4-10-19/h1,3-6,9-12,20,22,25-26H,2,7-8,13-18H2/t20-,22-/m1/s1. The van der Waals surface area contributed by atoms with E-state index in [-0.39, 0.29) is 6.61 Å². The largest absolute Gasteiger partial charge is 0.490 e. The maximum Gasteiger partial charge on any atom is 0.125 e. The number of hydrogen-bond acceptors (Lipinski definition) is 4. The molecule has 4 nitrogen and oxygen atoms in total. The molecule has 2 aromatic rings. The van der Waals surface area contributed by atoms with Gasteiger partial charge in [-0.3, -0.25) is 0 Å². The van der Waals surface area contributed by atoms with Crippen LogP contribution in [0.1, 0.15) is 42.9 Å². The van der Waals surface area contributed by atoms with Gasteiger partial charge in [-0.05, 0) is 50.4 Å². The normalized spacial score (nSPS) is 17.4. The number of rotatable bonds is 9. The molecule has 0 amide bonds. The highest BCUT2D eigenvalue weighted by atomic mass is 16.5. The van der Waals surface area contributed by atoms with Crippen molar-refractivity contribution in [3.8, 4) is 5.75 Å². The molecule has 0 radical (unpaired) electrons. The van der Waals surface area contributed by atoms with E-state index < -0.39 is 12.2 Å². The number of ether oxygens (including phenoxy) is 1. The Balaban J connectivity index is 1.51. The van der Waals surface area contributed by atoms with Crippen molar-refractivity contribution in [3.05, 3.63) is 65.7 Å². The first kappa shape index (κ1) is 19.9. The predicted molar refractivity (Wildman–Crippen MR) is 108 cm³/mol. The van der Waals surface area contributed by atoms with Crippen LogP contribution in [0.3, 0.4) is 0 Å². The van der Waals surface area contributed by atoms with E-state index in [1.54, 1.807) is 0 Å². The van der Waals surface area contributed by atoms with Crippen LogP contribution in [0.5, 0.6) is 5.75 Å². The molecule has 1 aliphatic heterocycles. The van der Waals surface area contributed by atoms with Crippen LogP contribution < -0.4 is 4.74 Å². The topological polar surface area (TPSA) is 52.9 Å². The van der Waals surface area contributed by atoms with E-state index >= 15 is 0 Å². The van der Waals surface area contributed by atoms with Crippen molar-refractivity contribution < 1.29 is 14.9 Å². The first-order chi connectivity index (χ1) is 13.2. The molecule has 0 saturated carbocycles.